The first-order valence-corrected chi connectivity index (χ1v) is 16.9. The van der Waals surface area contributed by atoms with E-state index >= 15 is 0 Å². The number of pyridine rings is 1. The standard InChI is InChI=1S/C39H41NO11/c1-22-20-28(48-36(45)27-18-13-19-40-21-27)31(49-34(43)25-14-9-7-10-15-25)38(6)33(50-35(44)26-16-11-8-12-17-26)30(46-23(2)41)29-32(47-24(3)42)39(22,38)51-37(29,4)5/h7-19,21-22,28-33H,20H2,1-6H3/t22-,28-,29?,30+,31+,32-,33+,38+,39?/m1/s1. The third-order valence-corrected chi connectivity index (χ3v) is 10.6. The summed E-state index contributed by atoms with van der Waals surface area (Å²) in [6.45, 7) is 9.60. The Morgan fingerprint density at radius 1 is 0.667 bits per heavy atom. The van der Waals surface area contributed by atoms with Gasteiger partial charge in [0.2, 0.25) is 0 Å². The number of esters is 5. The Bertz CT molecular complexity index is 1800. The van der Waals surface area contributed by atoms with Crippen molar-refractivity contribution in [3.05, 3.63) is 102 Å². The van der Waals surface area contributed by atoms with E-state index in [1.807, 2.05) is 6.92 Å². The molecule has 3 aliphatic rings. The maximum absolute atomic E-state index is 14.0. The highest BCUT2D eigenvalue weighted by Gasteiger charge is 2.84. The van der Waals surface area contributed by atoms with Gasteiger partial charge >= 0.3 is 29.8 Å². The van der Waals surface area contributed by atoms with Crippen molar-refractivity contribution in [1.82, 2.24) is 4.98 Å². The average Bonchev–Trinajstić information content (AvgIpc) is 3.30. The molecule has 9 atom stereocenters. The van der Waals surface area contributed by atoms with Crippen molar-refractivity contribution >= 4 is 29.8 Å². The Balaban J connectivity index is 1.59. The lowest BCUT2D eigenvalue weighted by atomic mass is 9.47. The molecule has 1 aliphatic heterocycles. The second-order valence-corrected chi connectivity index (χ2v) is 14.1. The van der Waals surface area contributed by atoms with Crippen LogP contribution in [0.5, 0.6) is 0 Å². The van der Waals surface area contributed by atoms with Crippen LogP contribution in [0.3, 0.4) is 0 Å². The minimum absolute atomic E-state index is 0.0898. The van der Waals surface area contributed by atoms with Crippen molar-refractivity contribution in [3.63, 3.8) is 0 Å². The third kappa shape index (κ3) is 6.15. The SMILES string of the molecule is CC(=O)O[C@@H]1C2[C@H](OC(C)=O)[C@H](OC(=O)c3ccccc3)[C@]3(C)[C@@H](OC(=O)c4ccccc4)[C@H](OC(=O)c4cccnc4)C[C@@H](C)C13OC2(C)C. The van der Waals surface area contributed by atoms with Crippen LogP contribution in [0.25, 0.3) is 0 Å². The molecule has 3 aromatic rings. The average molecular weight is 700 g/mol. The maximum atomic E-state index is 14.0. The summed E-state index contributed by atoms with van der Waals surface area (Å²) in [6.07, 6.45) is -3.30. The van der Waals surface area contributed by atoms with Gasteiger partial charge in [-0.25, -0.2) is 14.4 Å². The second-order valence-electron chi connectivity index (χ2n) is 14.1. The molecule has 0 radical (unpaired) electrons. The highest BCUT2D eigenvalue weighted by Crippen LogP contribution is 2.68. The quantitative estimate of drug-likeness (QED) is 0.226. The largest absolute Gasteiger partial charge is 0.459 e. The molecule has 2 bridgehead atoms. The van der Waals surface area contributed by atoms with Crippen LogP contribution in [-0.2, 0) is 38.0 Å². The van der Waals surface area contributed by atoms with Crippen LogP contribution in [0, 0.1) is 17.3 Å². The van der Waals surface area contributed by atoms with Crippen LogP contribution < -0.4 is 0 Å². The van der Waals surface area contributed by atoms with Crippen molar-refractivity contribution < 1.29 is 52.4 Å². The van der Waals surface area contributed by atoms with Gasteiger partial charge in [-0.1, -0.05) is 43.3 Å². The summed E-state index contributed by atoms with van der Waals surface area (Å²) in [5, 5.41) is 0. The van der Waals surface area contributed by atoms with Gasteiger partial charge in [-0.05, 0) is 69.5 Å². The highest BCUT2D eigenvalue weighted by atomic mass is 16.6. The summed E-state index contributed by atoms with van der Waals surface area (Å²) >= 11 is 0. The topological polar surface area (TPSA) is 154 Å². The molecule has 12 nitrogen and oxygen atoms in total. The van der Waals surface area contributed by atoms with Gasteiger partial charge < -0.3 is 28.4 Å². The molecule has 12 heteroatoms. The molecule has 0 amide bonds. The summed E-state index contributed by atoms with van der Waals surface area (Å²) in [5.74, 6) is -4.96. The molecule has 1 saturated heterocycles. The maximum Gasteiger partial charge on any atom is 0.340 e. The normalized spacial score (nSPS) is 31.7. The zero-order valence-corrected chi connectivity index (χ0v) is 29.3. The van der Waals surface area contributed by atoms with Gasteiger partial charge in [-0.2, -0.15) is 0 Å². The Labute approximate surface area is 295 Å². The number of carbonyl (C=O) groups is 5. The van der Waals surface area contributed by atoms with Gasteiger partial charge in [-0.15, -0.1) is 0 Å². The van der Waals surface area contributed by atoms with E-state index in [0.717, 1.165) is 0 Å². The van der Waals surface area contributed by atoms with Crippen LogP contribution in [0.15, 0.2) is 85.2 Å². The van der Waals surface area contributed by atoms with E-state index in [0.29, 0.717) is 0 Å². The summed E-state index contributed by atoms with van der Waals surface area (Å²) in [5.41, 5.74) is -3.77. The third-order valence-electron chi connectivity index (χ3n) is 10.6. The van der Waals surface area contributed by atoms with E-state index < -0.39 is 88.8 Å². The van der Waals surface area contributed by atoms with Crippen molar-refractivity contribution in [3.8, 4) is 0 Å². The lowest BCUT2D eigenvalue weighted by Gasteiger charge is -2.63. The van der Waals surface area contributed by atoms with Gasteiger partial charge in [0.15, 0.2) is 12.2 Å². The first kappa shape index (κ1) is 35.7. The molecule has 1 spiro atoms. The molecule has 268 valence electrons. The number of aromatic nitrogens is 1. The summed E-state index contributed by atoms with van der Waals surface area (Å²) in [7, 11) is 0. The molecule has 2 heterocycles. The second kappa shape index (κ2) is 13.6. The molecule has 2 aliphatic carbocycles. The van der Waals surface area contributed by atoms with Crippen LogP contribution in [0.2, 0.25) is 0 Å². The van der Waals surface area contributed by atoms with Crippen molar-refractivity contribution in [1.29, 1.82) is 0 Å². The van der Waals surface area contributed by atoms with Crippen LogP contribution in [0.1, 0.15) is 79.0 Å². The first-order chi connectivity index (χ1) is 24.2. The molecular formula is C39H41NO11. The molecule has 6 rings (SSSR count). The van der Waals surface area contributed by atoms with E-state index in [4.69, 9.17) is 28.4 Å². The number of hydrogen-bond acceptors (Lipinski definition) is 12. The van der Waals surface area contributed by atoms with Crippen LogP contribution >= 0.6 is 0 Å². The van der Waals surface area contributed by atoms with E-state index in [1.165, 1.54) is 26.2 Å². The highest BCUT2D eigenvalue weighted by molar-refractivity contribution is 5.91. The zero-order chi connectivity index (χ0) is 36.7. The zero-order valence-electron chi connectivity index (χ0n) is 29.3. The molecular weight excluding hydrogens is 658 g/mol. The van der Waals surface area contributed by atoms with Crippen molar-refractivity contribution in [2.75, 3.05) is 0 Å². The Kier molecular flexibility index (Phi) is 9.49. The van der Waals surface area contributed by atoms with Crippen LogP contribution in [0.4, 0.5) is 0 Å². The summed E-state index contributed by atoms with van der Waals surface area (Å²) in [4.78, 5) is 71.5. The summed E-state index contributed by atoms with van der Waals surface area (Å²) in [6, 6.07) is 19.6. The Hall–Kier alpha value is -5.10. The molecule has 2 unspecified atom stereocenters. The Morgan fingerprint density at radius 2 is 1.20 bits per heavy atom. The smallest absolute Gasteiger partial charge is 0.340 e. The first-order valence-electron chi connectivity index (χ1n) is 16.9. The molecule has 2 aromatic carbocycles. The molecule has 2 saturated carbocycles. The van der Waals surface area contributed by atoms with E-state index in [1.54, 1.807) is 93.6 Å². The van der Waals surface area contributed by atoms with E-state index in [2.05, 4.69) is 4.98 Å². The molecule has 1 aromatic heterocycles. The minimum atomic E-state index is -1.69. The number of rotatable bonds is 8. The minimum Gasteiger partial charge on any atom is -0.459 e. The van der Waals surface area contributed by atoms with E-state index in [-0.39, 0.29) is 23.1 Å². The van der Waals surface area contributed by atoms with Gasteiger partial charge in [-0.3, -0.25) is 14.6 Å². The van der Waals surface area contributed by atoms with Crippen LogP contribution in [-0.4, -0.2) is 76.6 Å². The van der Waals surface area contributed by atoms with Crippen molar-refractivity contribution in [2.45, 2.75) is 89.7 Å². The van der Waals surface area contributed by atoms with Gasteiger partial charge in [0, 0.05) is 26.2 Å². The van der Waals surface area contributed by atoms with Gasteiger partial charge in [0.1, 0.15) is 23.9 Å². The number of benzene rings is 2. The lowest BCUT2D eigenvalue weighted by Crippen LogP contribution is -2.79. The molecule has 3 fully saturated rings. The number of nitrogens with zero attached hydrogens (tertiary/aromatic N) is 1. The van der Waals surface area contributed by atoms with Crippen molar-refractivity contribution in [2.24, 2.45) is 17.3 Å². The lowest BCUT2D eigenvalue weighted by molar-refractivity contribution is -0.311. The van der Waals surface area contributed by atoms with Gasteiger partial charge in [0.25, 0.3) is 0 Å². The number of fused-ring (bicyclic) bond motifs is 1. The fourth-order valence-electron chi connectivity index (χ4n) is 8.63. The summed E-state index contributed by atoms with van der Waals surface area (Å²) < 4.78 is 38.2. The number of hydrogen-bond donors (Lipinski definition) is 0. The van der Waals surface area contributed by atoms with E-state index in [9.17, 15) is 24.0 Å². The fraction of sp³-hybridized carbons (Fsp3) is 0.436. The number of ether oxygens (including phenoxy) is 6. The predicted octanol–water partition coefficient (Wildman–Crippen LogP) is 5.15. The predicted molar refractivity (Wildman–Crippen MR) is 179 cm³/mol. The molecule has 51 heavy (non-hydrogen) atoms. The Morgan fingerprint density at radius 3 is 1.73 bits per heavy atom. The number of carbonyl (C=O) groups excluding carboxylic acids is 5. The monoisotopic (exact) mass is 699 g/mol. The molecule has 0 N–H and O–H groups in total. The fourth-order valence-corrected chi connectivity index (χ4v) is 8.63. The van der Waals surface area contributed by atoms with Gasteiger partial charge in [0.05, 0.1) is 33.6 Å².